The lowest BCUT2D eigenvalue weighted by Crippen LogP contribution is -1.98. The van der Waals surface area contributed by atoms with E-state index in [-0.39, 0.29) is 0 Å². The summed E-state index contributed by atoms with van der Waals surface area (Å²) in [5, 5.41) is 7.67. The van der Waals surface area contributed by atoms with Crippen molar-refractivity contribution in [1.82, 2.24) is 4.98 Å². The summed E-state index contributed by atoms with van der Waals surface area (Å²) < 4.78 is 0. The van der Waals surface area contributed by atoms with Gasteiger partial charge in [-0.15, -0.1) is 0 Å². The number of pyridine rings is 1. The van der Waals surface area contributed by atoms with Crippen LogP contribution in [0.1, 0.15) is 17.5 Å². The Bertz CT molecular complexity index is 1710. The van der Waals surface area contributed by atoms with Gasteiger partial charge in [-0.2, -0.15) is 0 Å². The minimum Gasteiger partial charge on any atom is -0.264 e. The van der Waals surface area contributed by atoms with Crippen LogP contribution in [0.15, 0.2) is 119 Å². The van der Waals surface area contributed by atoms with Gasteiger partial charge < -0.3 is 0 Å². The third kappa shape index (κ3) is 3.37. The van der Waals surface area contributed by atoms with Crippen molar-refractivity contribution < 1.29 is 0 Å². The SMILES string of the molecule is C1=Cc2c(cc(-c3c4ccccc4c(Sc4ccccc4)c4ccncc34)c3ccccc23)CC1. The smallest absolute Gasteiger partial charge is 0.0353 e. The van der Waals surface area contributed by atoms with Crippen molar-refractivity contribution in [2.45, 2.75) is 22.6 Å². The molecular formula is C33H23NS. The van der Waals surface area contributed by atoms with E-state index in [2.05, 4.69) is 114 Å². The fraction of sp³-hybridized carbons (Fsp3) is 0.0606. The summed E-state index contributed by atoms with van der Waals surface area (Å²) in [5.74, 6) is 0. The summed E-state index contributed by atoms with van der Waals surface area (Å²) in [6.45, 7) is 0. The molecule has 0 saturated carbocycles. The van der Waals surface area contributed by atoms with Gasteiger partial charge in [-0.3, -0.25) is 4.98 Å². The van der Waals surface area contributed by atoms with Gasteiger partial charge in [-0.25, -0.2) is 0 Å². The maximum atomic E-state index is 4.60. The topological polar surface area (TPSA) is 12.9 Å². The van der Waals surface area contributed by atoms with Crippen LogP contribution in [-0.4, -0.2) is 4.98 Å². The van der Waals surface area contributed by atoms with Crippen LogP contribution >= 0.6 is 11.8 Å². The maximum Gasteiger partial charge on any atom is 0.0353 e. The van der Waals surface area contributed by atoms with Gasteiger partial charge in [0, 0.05) is 27.6 Å². The Morgan fingerprint density at radius 2 is 1.37 bits per heavy atom. The molecule has 1 aliphatic rings. The Labute approximate surface area is 209 Å². The Morgan fingerprint density at radius 1 is 0.657 bits per heavy atom. The second-order valence-electron chi connectivity index (χ2n) is 9.07. The molecule has 5 aromatic carbocycles. The first-order chi connectivity index (χ1) is 17.4. The zero-order chi connectivity index (χ0) is 23.2. The molecule has 0 amide bonds. The van der Waals surface area contributed by atoms with Gasteiger partial charge in [0.25, 0.3) is 0 Å². The van der Waals surface area contributed by atoms with Gasteiger partial charge in [-0.05, 0) is 86.3 Å². The highest BCUT2D eigenvalue weighted by Gasteiger charge is 2.20. The van der Waals surface area contributed by atoms with E-state index in [1.807, 2.05) is 18.0 Å². The summed E-state index contributed by atoms with van der Waals surface area (Å²) in [4.78, 5) is 7.14. The molecule has 0 fully saturated rings. The molecule has 0 bridgehead atoms. The number of fused-ring (bicyclic) bond motifs is 5. The van der Waals surface area contributed by atoms with E-state index in [9.17, 15) is 0 Å². The molecule has 1 heterocycles. The minimum atomic E-state index is 1.08. The molecule has 166 valence electrons. The number of rotatable bonds is 3. The average Bonchev–Trinajstić information content (AvgIpc) is 2.93. The number of benzene rings is 5. The van der Waals surface area contributed by atoms with Crippen molar-refractivity contribution in [3.05, 3.63) is 121 Å². The summed E-state index contributed by atoms with van der Waals surface area (Å²) in [7, 11) is 0. The van der Waals surface area contributed by atoms with Crippen molar-refractivity contribution in [2.75, 3.05) is 0 Å². The largest absolute Gasteiger partial charge is 0.264 e. The van der Waals surface area contributed by atoms with Gasteiger partial charge in [0.15, 0.2) is 0 Å². The van der Waals surface area contributed by atoms with Crippen LogP contribution < -0.4 is 0 Å². The van der Waals surface area contributed by atoms with E-state index in [0.717, 1.165) is 12.8 Å². The first-order valence-electron chi connectivity index (χ1n) is 12.1. The van der Waals surface area contributed by atoms with Crippen LogP contribution in [0, 0.1) is 0 Å². The fourth-order valence-corrected chi connectivity index (χ4v) is 6.60. The molecule has 0 radical (unpaired) electrons. The minimum absolute atomic E-state index is 1.08. The predicted molar refractivity (Wildman–Crippen MR) is 150 cm³/mol. The first kappa shape index (κ1) is 20.5. The van der Waals surface area contributed by atoms with Crippen molar-refractivity contribution >= 4 is 50.2 Å². The standard InChI is InChI=1S/C33H23NS/c1-2-11-23(12-3-1)35-33-28-17-9-8-16-27(28)32(31-21-34-19-18-29(31)33)30-20-22-10-4-5-13-24(22)25-14-6-7-15-26(25)30/h1-3,5-9,11-21H,4,10H2. The number of allylic oxidation sites excluding steroid dienone is 1. The predicted octanol–water partition coefficient (Wildman–Crippen LogP) is 9.32. The van der Waals surface area contributed by atoms with E-state index >= 15 is 0 Å². The van der Waals surface area contributed by atoms with Gasteiger partial charge in [0.05, 0.1) is 0 Å². The molecule has 0 atom stereocenters. The molecular weight excluding hydrogens is 442 g/mol. The van der Waals surface area contributed by atoms with Gasteiger partial charge in [0.1, 0.15) is 0 Å². The number of aromatic nitrogens is 1. The molecule has 7 rings (SSSR count). The van der Waals surface area contributed by atoms with Crippen LogP contribution in [0.5, 0.6) is 0 Å². The highest BCUT2D eigenvalue weighted by molar-refractivity contribution is 7.99. The highest BCUT2D eigenvalue weighted by atomic mass is 32.2. The van der Waals surface area contributed by atoms with Crippen LogP contribution in [0.3, 0.4) is 0 Å². The molecule has 0 unspecified atom stereocenters. The second-order valence-corrected chi connectivity index (χ2v) is 10.2. The molecule has 0 spiro atoms. The number of aryl methyl sites for hydroxylation is 1. The van der Waals surface area contributed by atoms with Gasteiger partial charge in [0.2, 0.25) is 0 Å². The van der Waals surface area contributed by atoms with E-state index in [1.165, 1.54) is 64.4 Å². The Balaban J connectivity index is 1.61. The summed E-state index contributed by atoms with van der Waals surface area (Å²) in [5.41, 5.74) is 5.40. The van der Waals surface area contributed by atoms with E-state index < -0.39 is 0 Å². The third-order valence-electron chi connectivity index (χ3n) is 7.05. The zero-order valence-electron chi connectivity index (χ0n) is 19.2. The van der Waals surface area contributed by atoms with Crippen molar-refractivity contribution in [3.8, 4) is 11.1 Å². The van der Waals surface area contributed by atoms with Gasteiger partial charge in [-0.1, -0.05) is 90.6 Å². The monoisotopic (exact) mass is 465 g/mol. The molecule has 1 aromatic heterocycles. The molecule has 1 nitrogen and oxygen atoms in total. The second kappa shape index (κ2) is 8.41. The quantitative estimate of drug-likeness (QED) is 0.241. The van der Waals surface area contributed by atoms with Crippen molar-refractivity contribution in [3.63, 3.8) is 0 Å². The number of hydrogen-bond acceptors (Lipinski definition) is 2. The fourth-order valence-electron chi connectivity index (χ4n) is 5.49. The normalized spacial score (nSPS) is 12.9. The Hall–Kier alpha value is -3.88. The maximum absolute atomic E-state index is 4.60. The number of hydrogen-bond donors (Lipinski definition) is 0. The molecule has 6 aromatic rings. The molecule has 0 N–H and O–H groups in total. The molecule has 1 aliphatic carbocycles. The molecule has 2 heteroatoms. The number of nitrogens with zero attached hydrogens (tertiary/aromatic N) is 1. The molecule has 0 saturated heterocycles. The Kier molecular flexibility index (Phi) is 4.92. The molecule has 0 aliphatic heterocycles. The van der Waals surface area contributed by atoms with E-state index in [1.54, 1.807) is 0 Å². The summed E-state index contributed by atoms with van der Waals surface area (Å²) in [6.07, 6.45) is 10.8. The van der Waals surface area contributed by atoms with Crippen LogP contribution in [0.4, 0.5) is 0 Å². The molecule has 35 heavy (non-hydrogen) atoms. The zero-order valence-corrected chi connectivity index (χ0v) is 20.1. The average molecular weight is 466 g/mol. The van der Waals surface area contributed by atoms with Crippen LogP contribution in [0.2, 0.25) is 0 Å². The van der Waals surface area contributed by atoms with Crippen molar-refractivity contribution in [1.29, 1.82) is 0 Å². The van der Waals surface area contributed by atoms with Gasteiger partial charge >= 0.3 is 0 Å². The Morgan fingerprint density at radius 3 is 2.23 bits per heavy atom. The van der Waals surface area contributed by atoms with Crippen molar-refractivity contribution in [2.24, 2.45) is 0 Å². The lowest BCUT2D eigenvalue weighted by atomic mass is 9.84. The lowest BCUT2D eigenvalue weighted by molar-refractivity contribution is 0.990. The van der Waals surface area contributed by atoms with Crippen LogP contribution in [0.25, 0.3) is 49.5 Å². The van der Waals surface area contributed by atoms with E-state index in [0.29, 0.717) is 0 Å². The summed E-state index contributed by atoms with van der Waals surface area (Å²) in [6, 6.07) is 33.0. The van der Waals surface area contributed by atoms with E-state index in [4.69, 9.17) is 0 Å². The lowest BCUT2D eigenvalue weighted by Gasteiger charge is -2.21. The van der Waals surface area contributed by atoms with Crippen LogP contribution in [-0.2, 0) is 6.42 Å². The summed E-state index contributed by atoms with van der Waals surface area (Å²) >= 11 is 1.84. The first-order valence-corrected chi connectivity index (χ1v) is 12.9. The highest BCUT2D eigenvalue weighted by Crippen LogP contribution is 2.47. The third-order valence-corrected chi connectivity index (χ3v) is 8.20.